The quantitative estimate of drug-likeness (QED) is 0.884. The Morgan fingerprint density at radius 1 is 1.26 bits per heavy atom. The number of halogens is 1. The minimum atomic E-state index is 0.578. The van der Waals surface area contributed by atoms with Gasteiger partial charge in [0.25, 0.3) is 0 Å². The van der Waals surface area contributed by atoms with Crippen LogP contribution in [0.25, 0.3) is 0 Å². The van der Waals surface area contributed by atoms with Crippen molar-refractivity contribution in [2.45, 2.75) is 19.5 Å². The number of hydrogen-bond acceptors (Lipinski definition) is 3. The Morgan fingerprint density at radius 3 is 2.63 bits per heavy atom. The number of rotatable bonds is 6. The zero-order chi connectivity index (χ0) is 13.7. The van der Waals surface area contributed by atoms with Gasteiger partial charge < -0.3 is 10.6 Å². The Labute approximate surface area is 118 Å². The molecule has 2 N–H and O–H groups in total. The van der Waals surface area contributed by atoms with Crippen LogP contribution < -0.4 is 5.73 Å². The Bertz CT molecular complexity index is 506. The molecule has 4 nitrogen and oxygen atoms in total. The molecule has 5 heteroatoms. The fourth-order valence-corrected chi connectivity index (χ4v) is 2.11. The third kappa shape index (κ3) is 4.58. The highest BCUT2D eigenvalue weighted by atomic mass is 35.5. The van der Waals surface area contributed by atoms with Crippen molar-refractivity contribution in [2.24, 2.45) is 0 Å². The van der Waals surface area contributed by atoms with Gasteiger partial charge in [-0.2, -0.15) is 5.10 Å². The summed E-state index contributed by atoms with van der Waals surface area (Å²) in [6, 6.07) is 9.80. The number of benzene rings is 1. The second-order valence-corrected chi connectivity index (χ2v) is 5.16. The largest absolute Gasteiger partial charge is 0.382 e. The molecule has 102 valence electrons. The van der Waals surface area contributed by atoms with E-state index in [0.717, 1.165) is 31.1 Å². The van der Waals surface area contributed by atoms with Gasteiger partial charge in [-0.3, -0.25) is 4.68 Å². The second kappa shape index (κ2) is 6.59. The van der Waals surface area contributed by atoms with E-state index in [1.165, 1.54) is 5.56 Å². The molecule has 1 heterocycles. The maximum atomic E-state index is 5.87. The Kier molecular flexibility index (Phi) is 4.82. The molecule has 0 saturated carbocycles. The summed E-state index contributed by atoms with van der Waals surface area (Å²) in [6.07, 6.45) is 2.96. The predicted octanol–water partition coefficient (Wildman–Crippen LogP) is 2.64. The van der Waals surface area contributed by atoms with Gasteiger partial charge in [0.1, 0.15) is 5.82 Å². The molecule has 2 aromatic rings. The minimum Gasteiger partial charge on any atom is -0.382 e. The molecule has 0 aliphatic carbocycles. The van der Waals surface area contributed by atoms with Crippen LogP contribution in [0, 0.1) is 0 Å². The first kappa shape index (κ1) is 13.9. The lowest BCUT2D eigenvalue weighted by atomic mass is 10.2. The zero-order valence-corrected chi connectivity index (χ0v) is 11.8. The Morgan fingerprint density at radius 2 is 2.00 bits per heavy atom. The molecule has 0 fully saturated rings. The molecule has 2 rings (SSSR count). The lowest BCUT2D eigenvalue weighted by Gasteiger charge is -2.16. The van der Waals surface area contributed by atoms with Crippen LogP contribution in [-0.4, -0.2) is 28.3 Å². The predicted molar refractivity (Wildman–Crippen MR) is 79.0 cm³/mol. The fraction of sp³-hybridized carbons (Fsp3) is 0.357. The monoisotopic (exact) mass is 278 g/mol. The van der Waals surface area contributed by atoms with Gasteiger partial charge in [-0.25, -0.2) is 0 Å². The minimum absolute atomic E-state index is 0.578. The van der Waals surface area contributed by atoms with Gasteiger partial charge >= 0.3 is 0 Å². The van der Waals surface area contributed by atoms with Crippen molar-refractivity contribution in [1.29, 1.82) is 0 Å². The molecule has 1 aromatic heterocycles. The second-order valence-electron chi connectivity index (χ2n) is 4.72. The van der Waals surface area contributed by atoms with E-state index in [-0.39, 0.29) is 0 Å². The molecular formula is C14H19ClN4. The van der Waals surface area contributed by atoms with Gasteiger partial charge in [-0.1, -0.05) is 23.7 Å². The van der Waals surface area contributed by atoms with E-state index < -0.39 is 0 Å². The molecule has 0 aliphatic rings. The van der Waals surface area contributed by atoms with Crippen LogP contribution >= 0.6 is 11.6 Å². The average Bonchev–Trinajstić information content (AvgIpc) is 2.78. The van der Waals surface area contributed by atoms with Crippen molar-refractivity contribution in [3.05, 3.63) is 47.1 Å². The molecule has 0 amide bonds. The van der Waals surface area contributed by atoms with Crippen LogP contribution in [0.1, 0.15) is 12.0 Å². The van der Waals surface area contributed by atoms with Gasteiger partial charge in [0, 0.05) is 24.3 Å². The maximum Gasteiger partial charge on any atom is 0.145 e. The smallest absolute Gasteiger partial charge is 0.145 e. The number of anilines is 1. The summed E-state index contributed by atoms with van der Waals surface area (Å²) in [5.74, 6) is 0.578. The van der Waals surface area contributed by atoms with Crippen LogP contribution in [0.3, 0.4) is 0 Å². The van der Waals surface area contributed by atoms with Crippen LogP contribution in [0.5, 0.6) is 0 Å². The van der Waals surface area contributed by atoms with Crippen molar-refractivity contribution in [3.8, 4) is 0 Å². The standard InChI is InChI=1S/C14H19ClN4/c1-18(11-12-3-5-13(15)6-4-12)8-2-9-19-10-7-14(16)17-19/h3-7,10H,2,8-9,11H2,1H3,(H2,16,17). The first-order valence-corrected chi connectivity index (χ1v) is 6.73. The van der Waals surface area contributed by atoms with E-state index in [4.69, 9.17) is 17.3 Å². The highest BCUT2D eigenvalue weighted by Gasteiger charge is 2.01. The number of aromatic nitrogens is 2. The van der Waals surface area contributed by atoms with Crippen LogP contribution in [0.2, 0.25) is 5.02 Å². The summed E-state index contributed by atoms with van der Waals surface area (Å²) < 4.78 is 1.88. The number of nitrogens with zero attached hydrogens (tertiary/aromatic N) is 3. The highest BCUT2D eigenvalue weighted by Crippen LogP contribution is 2.11. The summed E-state index contributed by atoms with van der Waals surface area (Å²) in [5, 5.41) is 4.94. The molecular weight excluding hydrogens is 260 g/mol. The molecule has 0 unspecified atom stereocenters. The summed E-state index contributed by atoms with van der Waals surface area (Å²) in [7, 11) is 2.12. The summed E-state index contributed by atoms with van der Waals surface area (Å²) in [6.45, 7) is 2.84. The summed E-state index contributed by atoms with van der Waals surface area (Å²) >= 11 is 5.87. The summed E-state index contributed by atoms with van der Waals surface area (Å²) in [4.78, 5) is 2.29. The lowest BCUT2D eigenvalue weighted by Crippen LogP contribution is -2.20. The molecule has 0 saturated heterocycles. The van der Waals surface area contributed by atoms with E-state index in [1.807, 2.05) is 29.1 Å². The van der Waals surface area contributed by atoms with Gasteiger partial charge in [0.2, 0.25) is 0 Å². The van der Waals surface area contributed by atoms with Gasteiger partial charge in [-0.05, 0) is 43.8 Å². The Balaban J connectivity index is 1.72. The first-order chi connectivity index (χ1) is 9.13. The molecule has 19 heavy (non-hydrogen) atoms. The topological polar surface area (TPSA) is 47.1 Å². The van der Waals surface area contributed by atoms with Crippen LogP contribution in [0.15, 0.2) is 36.5 Å². The molecule has 0 aliphatic heterocycles. The zero-order valence-electron chi connectivity index (χ0n) is 11.1. The van der Waals surface area contributed by atoms with Crippen LogP contribution in [0.4, 0.5) is 5.82 Å². The van der Waals surface area contributed by atoms with Crippen molar-refractivity contribution < 1.29 is 0 Å². The van der Waals surface area contributed by atoms with E-state index in [2.05, 4.69) is 29.2 Å². The van der Waals surface area contributed by atoms with Crippen LogP contribution in [-0.2, 0) is 13.1 Å². The van der Waals surface area contributed by atoms with E-state index >= 15 is 0 Å². The van der Waals surface area contributed by atoms with Crippen molar-refractivity contribution in [2.75, 3.05) is 19.3 Å². The molecule has 0 bridgehead atoms. The third-order valence-corrected chi connectivity index (χ3v) is 3.21. The van der Waals surface area contributed by atoms with E-state index in [1.54, 1.807) is 0 Å². The maximum absolute atomic E-state index is 5.87. The molecule has 0 radical (unpaired) electrons. The Hall–Kier alpha value is -1.52. The molecule has 1 aromatic carbocycles. The summed E-state index contributed by atoms with van der Waals surface area (Å²) in [5.41, 5.74) is 6.84. The van der Waals surface area contributed by atoms with Crippen molar-refractivity contribution in [1.82, 2.24) is 14.7 Å². The highest BCUT2D eigenvalue weighted by molar-refractivity contribution is 6.30. The first-order valence-electron chi connectivity index (χ1n) is 6.35. The van der Waals surface area contributed by atoms with Gasteiger partial charge in [-0.15, -0.1) is 0 Å². The van der Waals surface area contributed by atoms with Crippen molar-refractivity contribution in [3.63, 3.8) is 0 Å². The van der Waals surface area contributed by atoms with E-state index in [0.29, 0.717) is 5.82 Å². The molecule has 0 atom stereocenters. The third-order valence-electron chi connectivity index (χ3n) is 2.95. The average molecular weight is 279 g/mol. The van der Waals surface area contributed by atoms with Gasteiger partial charge in [0.05, 0.1) is 0 Å². The SMILES string of the molecule is CN(CCCn1ccc(N)n1)Cc1ccc(Cl)cc1. The fourth-order valence-electron chi connectivity index (χ4n) is 1.99. The number of nitrogens with two attached hydrogens (primary N) is 1. The normalized spacial score (nSPS) is 11.1. The van der Waals surface area contributed by atoms with Gasteiger partial charge in [0.15, 0.2) is 0 Å². The number of aryl methyl sites for hydroxylation is 1. The lowest BCUT2D eigenvalue weighted by molar-refractivity contribution is 0.311. The number of hydrogen-bond donors (Lipinski definition) is 1. The molecule has 0 spiro atoms. The number of nitrogen functional groups attached to an aromatic ring is 1. The van der Waals surface area contributed by atoms with Crippen molar-refractivity contribution >= 4 is 17.4 Å². The van der Waals surface area contributed by atoms with E-state index in [9.17, 15) is 0 Å².